The molecule has 0 saturated carbocycles. The summed E-state index contributed by atoms with van der Waals surface area (Å²) in [7, 11) is 0. The van der Waals surface area contributed by atoms with E-state index < -0.39 is 5.97 Å². The van der Waals surface area contributed by atoms with Gasteiger partial charge in [-0.25, -0.2) is 0 Å². The molecule has 0 bridgehead atoms. The Morgan fingerprint density at radius 3 is 2.52 bits per heavy atom. The van der Waals surface area contributed by atoms with Crippen LogP contribution in [-0.2, 0) is 20.7 Å². The molecule has 0 saturated heterocycles. The topological polar surface area (TPSA) is 68.5 Å². The van der Waals surface area contributed by atoms with E-state index in [0.717, 1.165) is 44.5 Å². The fraction of sp³-hybridized carbons (Fsp3) is 0.333. The zero-order chi connectivity index (χ0) is 21.1. The van der Waals surface area contributed by atoms with Gasteiger partial charge in [0.2, 0.25) is 0 Å². The van der Waals surface area contributed by atoms with Crippen molar-refractivity contribution < 1.29 is 18.7 Å². The highest BCUT2D eigenvalue weighted by molar-refractivity contribution is 5.95. The Balaban J connectivity index is 1.62. The summed E-state index contributed by atoms with van der Waals surface area (Å²) in [6.45, 7) is 9.81. The average molecular weight is 393 g/mol. The Morgan fingerprint density at radius 1 is 1.07 bits per heavy atom. The number of furan rings is 1. The van der Waals surface area contributed by atoms with Gasteiger partial charge in [0.05, 0.1) is 12.7 Å². The van der Waals surface area contributed by atoms with Gasteiger partial charge in [0, 0.05) is 16.6 Å². The Bertz CT molecular complexity index is 1060. The highest BCUT2D eigenvalue weighted by Crippen LogP contribution is 2.27. The van der Waals surface area contributed by atoms with Crippen LogP contribution in [0, 0.1) is 20.8 Å². The molecule has 1 heterocycles. The number of benzene rings is 2. The molecule has 152 valence electrons. The molecule has 29 heavy (non-hydrogen) atoms. The number of esters is 1. The molecule has 5 nitrogen and oxygen atoms in total. The van der Waals surface area contributed by atoms with Crippen molar-refractivity contribution in [1.82, 2.24) is 0 Å². The molecule has 1 N–H and O–H groups in total. The quantitative estimate of drug-likeness (QED) is 0.584. The summed E-state index contributed by atoms with van der Waals surface area (Å²) >= 11 is 0. The van der Waals surface area contributed by atoms with Gasteiger partial charge in [-0.05, 0) is 61.1 Å². The van der Waals surface area contributed by atoms with Gasteiger partial charge in [-0.1, -0.05) is 32.0 Å². The van der Waals surface area contributed by atoms with E-state index in [9.17, 15) is 9.59 Å². The molecule has 5 heteroatoms. The molecule has 0 aliphatic rings. The SMILES string of the molecule is Cc1cc2occ(CC(=O)OCC(=O)Nc3c(C)cccc3C(C)C)c2cc1C. The number of amides is 1. The van der Waals surface area contributed by atoms with Crippen LogP contribution < -0.4 is 5.32 Å². The van der Waals surface area contributed by atoms with Crippen LogP contribution in [0.2, 0.25) is 0 Å². The third-order valence-electron chi connectivity index (χ3n) is 5.16. The van der Waals surface area contributed by atoms with Gasteiger partial charge in [0.25, 0.3) is 5.91 Å². The zero-order valence-corrected chi connectivity index (χ0v) is 17.6. The Hall–Kier alpha value is -3.08. The lowest BCUT2D eigenvalue weighted by atomic mass is 9.98. The largest absolute Gasteiger partial charge is 0.464 e. The monoisotopic (exact) mass is 393 g/mol. The first-order valence-electron chi connectivity index (χ1n) is 9.78. The first-order chi connectivity index (χ1) is 13.8. The summed E-state index contributed by atoms with van der Waals surface area (Å²) in [5.74, 6) is -0.540. The maximum atomic E-state index is 12.3. The molecular weight excluding hydrogens is 366 g/mol. The van der Waals surface area contributed by atoms with Crippen molar-refractivity contribution in [3.8, 4) is 0 Å². The predicted molar refractivity (Wildman–Crippen MR) is 114 cm³/mol. The molecule has 0 unspecified atom stereocenters. The molecule has 0 aliphatic heterocycles. The van der Waals surface area contributed by atoms with Gasteiger partial charge >= 0.3 is 5.97 Å². The predicted octanol–water partition coefficient (Wildman–Crippen LogP) is 5.21. The third-order valence-corrected chi connectivity index (χ3v) is 5.16. The molecular formula is C24H27NO4. The van der Waals surface area contributed by atoms with Gasteiger partial charge in [0.15, 0.2) is 6.61 Å². The van der Waals surface area contributed by atoms with Gasteiger partial charge < -0.3 is 14.5 Å². The smallest absolute Gasteiger partial charge is 0.310 e. The minimum absolute atomic E-state index is 0.0599. The number of anilines is 1. The van der Waals surface area contributed by atoms with Crippen molar-refractivity contribution in [2.45, 2.75) is 47.0 Å². The molecule has 0 radical (unpaired) electrons. The number of hydrogen-bond donors (Lipinski definition) is 1. The molecule has 3 rings (SSSR count). The molecule has 1 amide bonds. The van der Waals surface area contributed by atoms with Gasteiger partial charge in [-0.2, -0.15) is 0 Å². The van der Waals surface area contributed by atoms with Crippen LogP contribution in [0.15, 0.2) is 41.0 Å². The molecule has 3 aromatic rings. The number of rotatable bonds is 6. The standard InChI is InChI=1S/C24H27NO4/c1-14(2)19-8-6-7-15(3)24(19)25-22(26)13-29-23(27)11-18-12-28-21-10-17(5)16(4)9-20(18)21/h6-10,12,14H,11,13H2,1-5H3,(H,25,26). The normalized spacial score (nSPS) is 11.1. The van der Waals surface area contributed by atoms with E-state index in [1.165, 1.54) is 0 Å². The number of para-hydroxylation sites is 1. The summed E-state index contributed by atoms with van der Waals surface area (Å²) in [5, 5.41) is 3.78. The van der Waals surface area contributed by atoms with E-state index in [0.29, 0.717) is 0 Å². The Kier molecular flexibility index (Phi) is 6.06. The first-order valence-corrected chi connectivity index (χ1v) is 9.78. The van der Waals surface area contributed by atoms with Crippen LogP contribution in [0.3, 0.4) is 0 Å². The fourth-order valence-electron chi connectivity index (χ4n) is 3.34. The summed E-state index contributed by atoms with van der Waals surface area (Å²) in [5.41, 5.74) is 6.59. The molecule has 0 fully saturated rings. The van der Waals surface area contributed by atoms with E-state index in [4.69, 9.17) is 9.15 Å². The van der Waals surface area contributed by atoms with E-state index in [1.54, 1.807) is 6.26 Å². The van der Waals surface area contributed by atoms with Crippen molar-refractivity contribution in [3.05, 3.63) is 64.4 Å². The van der Waals surface area contributed by atoms with Crippen LogP contribution in [-0.4, -0.2) is 18.5 Å². The second kappa shape index (κ2) is 8.52. The maximum Gasteiger partial charge on any atom is 0.310 e. The fourth-order valence-corrected chi connectivity index (χ4v) is 3.34. The van der Waals surface area contributed by atoms with Crippen molar-refractivity contribution in [2.24, 2.45) is 0 Å². The van der Waals surface area contributed by atoms with Crippen LogP contribution >= 0.6 is 0 Å². The number of fused-ring (bicyclic) bond motifs is 1. The lowest BCUT2D eigenvalue weighted by Gasteiger charge is -2.16. The van der Waals surface area contributed by atoms with Crippen LogP contribution in [0.1, 0.15) is 47.6 Å². The Labute approximate surface area is 171 Å². The van der Waals surface area contributed by atoms with Crippen molar-refractivity contribution in [1.29, 1.82) is 0 Å². The van der Waals surface area contributed by atoms with E-state index in [1.807, 2.05) is 51.1 Å². The summed E-state index contributed by atoms with van der Waals surface area (Å²) in [6.07, 6.45) is 1.64. The van der Waals surface area contributed by atoms with Crippen LogP contribution in [0.5, 0.6) is 0 Å². The number of carbonyl (C=O) groups excluding carboxylic acids is 2. The molecule has 0 atom stereocenters. The van der Waals surface area contributed by atoms with E-state index in [-0.39, 0.29) is 24.9 Å². The van der Waals surface area contributed by atoms with Gasteiger partial charge in [-0.3, -0.25) is 9.59 Å². The summed E-state index contributed by atoms with van der Waals surface area (Å²) < 4.78 is 10.8. The number of nitrogens with one attached hydrogen (secondary N) is 1. The average Bonchev–Trinajstić information content (AvgIpc) is 3.03. The number of aryl methyl sites for hydroxylation is 3. The molecule has 1 aromatic heterocycles. The first kappa shape index (κ1) is 20.6. The van der Waals surface area contributed by atoms with Gasteiger partial charge in [0.1, 0.15) is 5.58 Å². The summed E-state index contributed by atoms with van der Waals surface area (Å²) in [4.78, 5) is 24.6. The highest BCUT2D eigenvalue weighted by atomic mass is 16.5. The molecule has 0 spiro atoms. The molecule has 0 aliphatic carbocycles. The summed E-state index contributed by atoms with van der Waals surface area (Å²) in [6, 6.07) is 9.88. The lowest BCUT2D eigenvalue weighted by Crippen LogP contribution is -2.22. The lowest BCUT2D eigenvalue weighted by molar-refractivity contribution is -0.146. The van der Waals surface area contributed by atoms with Gasteiger partial charge in [-0.15, -0.1) is 0 Å². The second-order valence-corrected chi connectivity index (χ2v) is 7.77. The molecule has 2 aromatic carbocycles. The maximum absolute atomic E-state index is 12.3. The number of ether oxygens (including phenoxy) is 1. The highest BCUT2D eigenvalue weighted by Gasteiger charge is 2.16. The second-order valence-electron chi connectivity index (χ2n) is 7.77. The number of hydrogen-bond acceptors (Lipinski definition) is 4. The minimum Gasteiger partial charge on any atom is -0.464 e. The van der Waals surface area contributed by atoms with Crippen LogP contribution in [0.25, 0.3) is 11.0 Å². The third kappa shape index (κ3) is 4.67. The minimum atomic E-state index is -0.463. The van der Waals surface area contributed by atoms with E-state index >= 15 is 0 Å². The van der Waals surface area contributed by atoms with Crippen molar-refractivity contribution >= 4 is 28.5 Å². The van der Waals surface area contributed by atoms with Crippen LogP contribution in [0.4, 0.5) is 5.69 Å². The van der Waals surface area contributed by atoms with Crippen molar-refractivity contribution in [3.63, 3.8) is 0 Å². The van der Waals surface area contributed by atoms with Crippen molar-refractivity contribution in [2.75, 3.05) is 11.9 Å². The zero-order valence-electron chi connectivity index (χ0n) is 17.6. The number of carbonyl (C=O) groups is 2. The van der Waals surface area contributed by atoms with E-state index in [2.05, 4.69) is 19.2 Å². The Morgan fingerprint density at radius 2 is 1.79 bits per heavy atom.